The highest BCUT2D eigenvalue weighted by atomic mass is 127. The van der Waals surface area contributed by atoms with Crippen LogP contribution < -0.4 is 8.85 Å². The second-order valence-electron chi connectivity index (χ2n) is 5.74. The van der Waals surface area contributed by atoms with Gasteiger partial charge in [0.05, 0.1) is 0 Å². The number of likely N-dealkylation sites (tertiary alicyclic amines) is 1. The maximum atomic E-state index is 12.2. The van der Waals surface area contributed by atoms with Gasteiger partial charge < -0.3 is 10.2 Å². The Morgan fingerprint density at radius 3 is 2.22 bits per heavy atom. The van der Waals surface area contributed by atoms with Crippen LogP contribution in [0.1, 0.15) is 38.5 Å². The van der Waals surface area contributed by atoms with Gasteiger partial charge in [-0.3, -0.25) is 8.32 Å². The molecule has 2 N–H and O–H groups in total. The van der Waals surface area contributed by atoms with Crippen molar-refractivity contribution in [2.45, 2.75) is 50.6 Å². The lowest BCUT2D eigenvalue weighted by atomic mass is 9.85. The summed E-state index contributed by atoms with van der Waals surface area (Å²) in [4.78, 5) is 14.5. The molecule has 2 fully saturated rings. The highest BCUT2D eigenvalue weighted by Gasteiger charge is 2.27. The molecule has 18 heavy (non-hydrogen) atoms. The second kappa shape index (κ2) is 7.05. The van der Waals surface area contributed by atoms with Crippen LogP contribution in [-0.2, 0) is 4.79 Å². The van der Waals surface area contributed by atoms with Gasteiger partial charge in [0.2, 0.25) is 5.91 Å². The third-order valence-electron chi connectivity index (χ3n) is 4.32. The van der Waals surface area contributed by atoms with Gasteiger partial charge in [-0.1, -0.05) is 0 Å². The first-order valence-corrected chi connectivity index (χ1v) is 8.12. The van der Waals surface area contributed by atoms with E-state index in [1.165, 1.54) is 0 Å². The van der Waals surface area contributed by atoms with Gasteiger partial charge in [0.25, 0.3) is 0 Å². The van der Waals surface area contributed by atoms with Crippen molar-refractivity contribution >= 4 is 28.8 Å². The van der Waals surface area contributed by atoms with Crippen molar-refractivity contribution in [2.24, 2.45) is 5.92 Å². The Hall–Kier alpha value is 0.120. The standard InChI is InChI=1S/C13H24IN3O/c1-17-8-6-11(7-9-17)15-13(18)10-2-4-12(16-14)5-3-10/h10-12,16H,2-9H2,1H3,(H,15,18)/t10-,12-. The van der Waals surface area contributed by atoms with Crippen LogP contribution >= 0.6 is 22.9 Å². The highest BCUT2D eigenvalue weighted by molar-refractivity contribution is 14.1. The van der Waals surface area contributed by atoms with E-state index in [-0.39, 0.29) is 5.92 Å². The van der Waals surface area contributed by atoms with Gasteiger partial charge in [0.15, 0.2) is 0 Å². The molecule has 0 aromatic carbocycles. The molecule has 2 aliphatic rings. The van der Waals surface area contributed by atoms with Crippen molar-refractivity contribution in [1.82, 2.24) is 13.7 Å². The van der Waals surface area contributed by atoms with Crippen molar-refractivity contribution in [2.75, 3.05) is 20.1 Å². The molecule has 1 aliphatic heterocycles. The molecule has 0 spiro atoms. The molecule has 0 atom stereocenters. The molecule has 0 bridgehead atoms. The summed E-state index contributed by atoms with van der Waals surface area (Å²) in [5.74, 6) is 0.558. The molecule has 1 heterocycles. The average molecular weight is 365 g/mol. The van der Waals surface area contributed by atoms with Gasteiger partial charge in [-0.2, -0.15) is 0 Å². The molecule has 0 radical (unpaired) electrons. The fourth-order valence-electron chi connectivity index (χ4n) is 2.94. The first kappa shape index (κ1) is 14.5. The summed E-state index contributed by atoms with van der Waals surface area (Å²) in [6, 6.07) is 1.02. The number of hydrogen-bond donors (Lipinski definition) is 2. The summed E-state index contributed by atoms with van der Waals surface area (Å²) in [5, 5.41) is 3.25. The smallest absolute Gasteiger partial charge is 0.223 e. The van der Waals surface area contributed by atoms with Crippen LogP contribution in [0.25, 0.3) is 0 Å². The van der Waals surface area contributed by atoms with Crippen LogP contribution in [0, 0.1) is 5.92 Å². The fourth-order valence-corrected chi connectivity index (χ4v) is 3.56. The minimum absolute atomic E-state index is 0.255. The van der Waals surface area contributed by atoms with E-state index in [4.69, 9.17) is 0 Å². The molecule has 0 aromatic rings. The molecule has 0 unspecified atom stereocenters. The number of halogens is 1. The van der Waals surface area contributed by atoms with E-state index in [2.05, 4.69) is 43.7 Å². The average Bonchev–Trinajstić information content (AvgIpc) is 2.41. The lowest BCUT2D eigenvalue weighted by Crippen LogP contribution is -2.46. The van der Waals surface area contributed by atoms with E-state index in [9.17, 15) is 4.79 Å². The second-order valence-corrected chi connectivity index (χ2v) is 6.37. The van der Waals surface area contributed by atoms with Gasteiger partial charge in [-0.25, -0.2) is 0 Å². The molecule has 1 aliphatic carbocycles. The molecule has 1 saturated heterocycles. The predicted molar refractivity (Wildman–Crippen MR) is 81.6 cm³/mol. The maximum absolute atomic E-state index is 12.2. The zero-order valence-corrected chi connectivity index (χ0v) is 13.3. The number of piperidine rings is 1. The Balaban J connectivity index is 1.72. The van der Waals surface area contributed by atoms with Crippen molar-refractivity contribution in [3.63, 3.8) is 0 Å². The third kappa shape index (κ3) is 4.06. The largest absolute Gasteiger partial charge is 0.353 e. The number of nitrogens with zero attached hydrogens (tertiary/aromatic N) is 1. The molecule has 5 heteroatoms. The number of carbonyl (C=O) groups excluding carboxylic acids is 1. The molecule has 1 saturated carbocycles. The van der Waals surface area contributed by atoms with Crippen LogP contribution in [0.5, 0.6) is 0 Å². The Labute approximate surface area is 124 Å². The van der Waals surface area contributed by atoms with Crippen LogP contribution in [0.3, 0.4) is 0 Å². The normalized spacial score (nSPS) is 31.2. The zero-order valence-electron chi connectivity index (χ0n) is 11.1. The van der Waals surface area contributed by atoms with Crippen molar-refractivity contribution < 1.29 is 4.79 Å². The minimum Gasteiger partial charge on any atom is -0.353 e. The van der Waals surface area contributed by atoms with Gasteiger partial charge in [-0.15, -0.1) is 0 Å². The molecular weight excluding hydrogens is 341 g/mol. The van der Waals surface area contributed by atoms with Gasteiger partial charge in [0.1, 0.15) is 0 Å². The van der Waals surface area contributed by atoms with E-state index in [0.717, 1.165) is 51.6 Å². The molecule has 0 aromatic heterocycles. The quantitative estimate of drug-likeness (QED) is 0.591. The number of carbonyl (C=O) groups is 1. The fraction of sp³-hybridized carbons (Fsp3) is 0.923. The van der Waals surface area contributed by atoms with E-state index < -0.39 is 0 Å². The van der Waals surface area contributed by atoms with Crippen LogP contribution in [0.2, 0.25) is 0 Å². The lowest BCUT2D eigenvalue weighted by Gasteiger charge is -2.32. The van der Waals surface area contributed by atoms with Gasteiger partial charge in [-0.05, 0) is 58.7 Å². The molecule has 4 nitrogen and oxygen atoms in total. The van der Waals surface area contributed by atoms with Gasteiger partial charge >= 0.3 is 0 Å². The Morgan fingerprint density at radius 2 is 1.67 bits per heavy atom. The first-order chi connectivity index (χ1) is 8.69. The Bertz CT molecular complexity index is 271. The van der Waals surface area contributed by atoms with E-state index >= 15 is 0 Å². The van der Waals surface area contributed by atoms with Gasteiger partial charge in [0, 0.05) is 40.9 Å². The summed E-state index contributed by atoms with van der Waals surface area (Å²) >= 11 is 2.22. The zero-order chi connectivity index (χ0) is 13.0. The Kier molecular flexibility index (Phi) is 5.69. The third-order valence-corrected chi connectivity index (χ3v) is 5.20. The number of amides is 1. The van der Waals surface area contributed by atoms with Crippen molar-refractivity contribution in [1.29, 1.82) is 0 Å². The highest BCUT2D eigenvalue weighted by Crippen LogP contribution is 2.25. The van der Waals surface area contributed by atoms with Crippen LogP contribution in [-0.4, -0.2) is 43.0 Å². The number of hydrogen-bond acceptors (Lipinski definition) is 3. The lowest BCUT2D eigenvalue weighted by molar-refractivity contribution is -0.127. The topological polar surface area (TPSA) is 44.4 Å². The number of rotatable bonds is 3. The molecular formula is C13H24IN3O. The van der Waals surface area contributed by atoms with Crippen LogP contribution in [0.15, 0.2) is 0 Å². The van der Waals surface area contributed by atoms with E-state index in [1.807, 2.05) is 0 Å². The molecule has 1 amide bonds. The van der Waals surface area contributed by atoms with Crippen molar-refractivity contribution in [3.05, 3.63) is 0 Å². The summed E-state index contributed by atoms with van der Waals surface area (Å²) in [6.07, 6.45) is 6.56. The van der Waals surface area contributed by atoms with E-state index in [1.54, 1.807) is 0 Å². The molecule has 2 rings (SSSR count). The summed E-state index contributed by atoms with van der Waals surface area (Å²) in [6.45, 7) is 2.22. The minimum atomic E-state index is 0.255. The first-order valence-electron chi connectivity index (χ1n) is 7.04. The number of nitrogens with one attached hydrogen (secondary N) is 2. The van der Waals surface area contributed by atoms with Crippen LogP contribution in [0.4, 0.5) is 0 Å². The summed E-state index contributed by atoms with van der Waals surface area (Å²) in [5.41, 5.74) is 0. The van der Waals surface area contributed by atoms with E-state index in [0.29, 0.717) is 18.0 Å². The SMILES string of the molecule is CN1CCC(NC(=O)[C@H]2CC[C@H](NI)CC2)CC1. The summed E-state index contributed by atoms with van der Waals surface area (Å²) in [7, 11) is 2.15. The molecule has 104 valence electrons. The Morgan fingerprint density at radius 1 is 1.06 bits per heavy atom. The monoisotopic (exact) mass is 365 g/mol. The summed E-state index contributed by atoms with van der Waals surface area (Å²) < 4.78 is 3.28. The maximum Gasteiger partial charge on any atom is 0.223 e. The predicted octanol–water partition coefficient (Wildman–Crippen LogP) is 1.70. The van der Waals surface area contributed by atoms with Crippen molar-refractivity contribution in [3.8, 4) is 0 Å².